The normalized spacial score (nSPS) is 27.6. The molecule has 2 heterocycles. The number of methoxy groups -OCH3 is 1. The van der Waals surface area contributed by atoms with Gasteiger partial charge in [-0.25, -0.2) is 4.79 Å². The van der Waals surface area contributed by atoms with E-state index >= 15 is 0 Å². The van der Waals surface area contributed by atoms with Gasteiger partial charge >= 0.3 is 6.09 Å². The number of ether oxygens (including phenoxy) is 2. The molecule has 0 radical (unpaired) electrons. The summed E-state index contributed by atoms with van der Waals surface area (Å²) in [5.41, 5.74) is 2.44. The first-order chi connectivity index (χ1) is 14.3. The highest BCUT2D eigenvalue weighted by molar-refractivity contribution is 5.68. The maximum absolute atomic E-state index is 12.4. The third kappa shape index (κ3) is 4.64. The quantitative estimate of drug-likeness (QED) is 0.808. The molecule has 0 bridgehead atoms. The third-order valence-corrected chi connectivity index (χ3v) is 6.54. The first-order valence-corrected chi connectivity index (χ1v) is 10.8. The standard InChI is InChI=1S/C23H31N3O3/c1-28-23(27)26-15-5-8-20(21-13-14-24-25-21)22(26)16-29-19-11-9-18(10-12-19)17-6-3-2-4-7-17/h2-4,6-7,13-14,18-20,22H,5,8-12,15-16H2,1H3,(H,24,25)/t18-,19+,20-,22+/m1/s1. The van der Waals surface area contributed by atoms with E-state index < -0.39 is 0 Å². The Kier molecular flexibility index (Phi) is 6.49. The van der Waals surface area contributed by atoms with Gasteiger partial charge in [-0.15, -0.1) is 0 Å². The number of aromatic amines is 1. The molecule has 2 atom stereocenters. The molecule has 1 saturated heterocycles. The summed E-state index contributed by atoms with van der Waals surface area (Å²) in [5, 5.41) is 7.29. The molecule has 1 amide bonds. The molecule has 6 nitrogen and oxygen atoms in total. The number of piperidine rings is 1. The summed E-state index contributed by atoms with van der Waals surface area (Å²) in [6.45, 7) is 1.25. The highest BCUT2D eigenvalue weighted by atomic mass is 16.5. The van der Waals surface area contributed by atoms with E-state index in [0.29, 0.717) is 19.1 Å². The molecule has 2 aromatic rings. The van der Waals surface area contributed by atoms with Crippen molar-refractivity contribution < 1.29 is 14.3 Å². The van der Waals surface area contributed by atoms with E-state index in [1.807, 2.05) is 17.2 Å². The van der Waals surface area contributed by atoms with Crippen LogP contribution in [0.1, 0.15) is 61.6 Å². The minimum absolute atomic E-state index is 0.0358. The Balaban J connectivity index is 1.37. The molecule has 0 spiro atoms. The van der Waals surface area contributed by atoms with Crippen LogP contribution in [0.4, 0.5) is 4.79 Å². The highest BCUT2D eigenvalue weighted by Gasteiger charge is 2.37. The number of nitrogens with one attached hydrogen (secondary N) is 1. The monoisotopic (exact) mass is 397 g/mol. The van der Waals surface area contributed by atoms with E-state index in [1.165, 1.54) is 12.7 Å². The lowest BCUT2D eigenvalue weighted by Crippen LogP contribution is -2.50. The average molecular weight is 398 g/mol. The summed E-state index contributed by atoms with van der Waals surface area (Å²) in [6, 6.07) is 12.8. The van der Waals surface area contributed by atoms with Crippen LogP contribution in [0.5, 0.6) is 0 Å². The molecular weight excluding hydrogens is 366 g/mol. The summed E-state index contributed by atoms with van der Waals surface area (Å²) in [4.78, 5) is 14.2. The molecule has 1 aliphatic heterocycles. The number of carbonyl (C=O) groups is 1. The fourth-order valence-electron chi connectivity index (χ4n) is 4.95. The van der Waals surface area contributed by atoms with Crippen molar-refractivity contribution in [2.24, 2.45) is 0 Å². The Labute approximate surface area is 172 Å². The Morgan fingerprint density at radius 1 is 1.14 bits per heavy atom. The number of benzene rings is 1. The number of H-pyrrole nitrogens is 1. The Hall–Kier alpha value is -2.34. The smallest absolute Gasteiger partial charge is 0.409 e. The number of rotatable bonds is 5. The van der Waals surface area contributed by atoms with Crippen LogP contribution in [-0.2, 0) is 9.47 Å². The molecule has 4 rings (SSSR count). The molecule has 2 fully saturated rings. The van der Waals surface area contributed by atoms with Crippen LogP contribution in [-0.4, -0.2) is 53.6 Å². The van der Waals surface area contributed by atoms with Crippen LogP contribution < -0.4 is 0 Å². The molecule has 1 saturated carbocycles. The third-order valence-electron chi connectivity index (χ3n) is 6.54. The summed E-state index contributed by atoms with van der Waals surface area (Å²) in [6.07, 6.45) is 8.23. The van der Waals surface area contributed by atoms with Crippen LogP contribution in [0.15, 0.2) is 42.6 Å². The zero-order valence-corrected chi connectivity index (χ0v) is 17.1. The van der Waals surface area contributed by atoms with Crippen molar-refractivity contribution in [3.05, 3.63) is 53.9 Å². The first-order valence-electron chi connectivity index (χ1n) is 10.8. The fraction of sp³-hybridized carbons (Fsp3) is 0.565. The topological polar surface area (TPSA) is 67.5 Å². The van der Waals surface area contributed by atoms with Crippen molar-refractivity contribution in [1.82, 2.24) is 15.1 Å². The van der Waals surface area contributed by atoms with Gasteiger partial charge in [0.15, 0.2) is 0 Å². The molecule has 0 unspecified atom stereocenters. The van der Waals surface area contributed by atoms with Crippen LogP contribution >= 0.6 is 0 Å². The van der Waals surface area contributed by atoms with Gasteiger partial charge in [-0.2, -0.15) is 5.10 Å². The molecule has 1 aliphatic carbocycles. The predicted molar refractivity (Wildman–Crippen MR) is 111 cm³/mol. The summed E-state index contributed by atoms with van der Waals surface area (Å²) in [5.74, 6) is 0.809. The number of likely N-dealkylation sites (tertiary alicyclic amines) is 1. The molecule has 1 aromatic carbocycles. The van der Waals surface area contributed by atoms with Crippen molar-refractivity contribution in [3.63, 3.8) is 0 Å². The molecule has 2 aliphatic rings. The second-order valence-corrected chi connectivity index (χ2v) is 8.20. The average Bonchev–Trinajstić information content (AvgIpc) is 3.32. The molecular formula is C23H31N3O3. The van der Waals surface area contributed by atoms with E-state index in [4.69, 9.17) is 9.47 Å². The molecule has 1 N–H and O–H groups in total. The molecule has 156 valence electrons. The number of amides is 1. The van der Waals surface area contributed by atoms with E-state index in [2.05, 4.69) is 40.5 Å². The van der Waals surface area contributed by atoms with Crippen molar-refractivity contribution >= 4 is 6.09 Å². The van der Waals surface area contributed by atoms with Gasteiger partial charge in [0.1, 0.15) is 0 Å². The van der Waals surface area contributed by atoms with Crippen molar-refractivity contribution in [3.8, 4) is 0 Å². The van der Waals surface area contributed by atoms with Crippen molar-refractivity contribution in [1.29, 1.82) is 0 Å². The van der Waals surface area contributed by atoms with E-state index in [1.54, 1.807) is 0 Å². The van der Waals surface area contributed by atoms with Crippen LogP contribution in [0.3, 0.4) is 0 Å². The zero-order chi connectivity index (χ0) is 20.1. The van der Waals surface area contributed by atoms with Gasteiger partial charge in [0, 0.05) is 18.7 Å². The molecule has 1 aromatic heterocycles. The van der Waals surface area contributed by atoms with Gasteiger partial charge in [-0.1, -0.05) is 30.3 Å². The van der Waals surface area contributed by atoms with Crippen LogP contribution in [0.25, 0.3) is 0 Å². The summed E-state index contributed by atoms with van der Waals surface area (Å²) >= 11 is 0. The van der Waals surface area contributed by atoms with Crippen LogP contribution in [0, 0.1) is 0 Å². The summed E-state index contributed by atoms with van der Waals surface area (Å²) < 4.78 is 11.4. The fourth-order valence-corrected chi connectivity index (χ4v) is 4.95. The van der Waals surface area contributed by atoms with Gasteiger partial charge in [0.25, 0.3) is 0 Å². The first kappa shape index (κ1) is 20.0. The maximum Gasteiger partial charge on any atom is 0.409 e. The van der Waals surface area contributed by atoms with Crippen molar-refractivity contribution in [2.75, 3.05) is 20.3 Å². The second-order valence-electron chi connectivity index (χ2n) is 8.20. The Morgan fingerprint density at radius 2 is 1.93 bits per heavy atom. The SMILES string of the molecule is COC(=O)N1CCC[C@H](c2cc[nH]n2)[C@@H]1CO[C@H]1CC[C@@H](c2ccccc2)CC1. The van der Waals surface area contributed by atoms with E-state index in [0.717, 1.165) is 44.2 Å². The van der Waals surface area contributed by atoms with Crippen molar-refractivity contribution in [2.45, 2.75) is 62.5 Å². The summed E-state index contributed by atoms with van der Waals surface area (Å²) in [7, 11) is 1.45. The number of nitrogens with zero attached hydrogens (tertiary/aromatic N) is 2. The number of hydrogen-bond acceptors (Lipinski definition) is 4. The van der Waals surface area contributed by atoms with E-state index in [9.17, 15) is 4.79 Å². The minimum Gasteiger partial charge on any atom is -0.453 e. The lowest BCUT2D eigenvalue weighted by Gasteiger charge is -2.40. The van der Waals surface area contributed by atoms with Gasteiger partial charge in [0.2, 0.25) is 0 Å². The van der Waals surface area contributed by atoms with Gasteiger partial charge in [0.05, 0.1) is 31.6 Å². The molecule has 6 heteroatoms. The molecule has 29 heavy (non-hydrogen) atoms. The number of hydrogen-bond donors (Lipinski definition) is 1. The van der Waals surface area contributed by atoms with Gasteiger partial charge < -0.3 is 14.4 Å². The predicted octanol–water partition coefficient (Wildman–Crippen LogP) is 4.47. The highest BCUT2D eigenvalue weighted by Crippen LogP contribution is 2.36. The van der Waals surface area contributed by atoms with Gasteiger partial charge in [-0.05, 0) is 56.1 Å². The lowest BCUT2D eigenvalue weighted by atomic mass is 9.82. The van der Waals surface area contributed by atoms with E-state index in [-0.39, 0.29) is 24.2 Å². The minimum atomic E-state index is -0.272. The number of carbonyl (C=O) groups excluding carboxylic acids is 1. The Morgan fingerprint density at radius 3 is 2.62 bits per heavy atom. The largest absolute Gasteiger partial charge is 0.453 e. The van der Waals surface area contributed by atoms with Crippen LogP contribution in [0.2, 0.25) is 0 Å². The Bertz CT molecular complexity index is 757. The van der Waals surface area contributed by atoms with Gasteiger partial charge in [-0.3, -0.25) is 5.10 Å². The zero-order valence-electron chi connectivity index (χ0n) is 17.1. The number of aromatic nitrogens is 2. The lowest BCUT2D eigenvalue weighted by molar-refractivity contribution is -0.0242. The second kappa shape index (κ2) is 9.44. The maximum atomic E-state index is 12.4.